The molecular weight excluding hydrogens is 534 g/mol. The SMILES string of the molecule is CN1CCOC(c2ccc(Nc3ncc4cc(Br)c(=O)n(Cc5occc5[S+](C)[O-])c4n3)cc2)C1. The van der Waals surface area contributed by atoms with Gasteiger partial charge < -0.3 is 23.9 Å². The van der Waals surface area contributed by atoms with Crippen LogP contribution in [0.2, 0.25) is 0 Å². The number of rotatable bonds is 6. The van der Waals surface area contributed by atoms with Crippen LogP contribution in [0.1, 0.15) is 17.4 Å². The van der Waals surface area contributed by atoms with Crippen molar-refractivity contribution in [3.63, 3.8) is 0 Å². The molecule has 0 amide bonds. The fourth-order valence-corrected chi connectivity index (χ4v) is 5.21. The number of nitrogens with zero attached hydrogens (tertiary/aromatic N) is 4. The second-order valence-electron chi connectivity index (χ2n) is 8.39. The molecule has 1 aliphatic rings. The highest BCUT2D eigenvalue weighted by Crippen LogP contribution is 2.25. The molecule has 0 aliphatic carbocycles. The molecule has 9 nitrogen and oxygen atoms in total. The highest BCUT2D eigenvalue weighted by molar-refractivity contribution is 9.10. The second kappa shape index (κ2) is 10.1. The van der Waals surface area contributed by atoms with Crippen molar-refractivity contribution in [3.05, 3.63) is 75.0 Å². The molecule has 0 spiro atoms. The molecular formula is C24H24BrN5O4S. The molecule has 0 saturated carbocycles. The number of fused-ring (bicyclic) bond motifs is 1. The summed E-state index contributed by atoms with van der Waals surface area (Å²) in [5, 5.41) is 3.89. The van der Waals surface area contributed by atoms with Crippen molar-refractivity contribution in [1.82, 2.24) is 19.4 Å². The minimum Gasteiger partial charge on any atom is -0.612 e. The van der Waals surface area contributed by atoms with Gasteiger partial charge in [-0.05, 0) is 57.9 Å². The van der Waals surface area contributed by atoms with Gasteiger partial charge in [0.15, 0.2) is 10.7 Å². The maximum absolute atomic E-state index is 13.0. The van der Waals surface area contributed by atoms with Crippen molar-refractivity contribution in [2.45, 2.75) is 17.5 Å². The van der Waals surface area contributed by atoms with Crippen molar-refractivity contribution >= 4 is 49.8 Å². The molecule has 35 heavy (non-hydrogen) atoms. The van der Waals surface area contributed by atoms with Crippen LogP contribution in [0.5, 0.6) is 0 Å². The maximum Gasteiger partial charge on any atom is 0.266 e. The fourth-order valence-electron chi connectivity index (χ4n) is 4.06. The van der Waals surface area contributed by atoms with Gasteiger partial charge in [-0.25, -0.2) is 4.98 Å². The number of ether oxygens (including phenoxy) is 1. The summed E-state index contributed by atoms with van der Waals surface area (Å²) in [6.45, 7) is 2.61. The van der Waals surface area contributed by atoms with Crippen LogP contribution in [0.25, 0.3) is 11.0 Å². The number of likely N-dealkylation sites (N-methyl/N-ethyl adjacent to an activating group) is 1. The number of nitrogens with one attached hydrogen (secondary N) is 1. The zero-order valence-corrected chi connectivity index (χ0v) is 21.6. The van der Waals surface area contributed by atoms with E-state index in [1.807, 2.05) is 24.3 Å². The van der Waals surface area contributed by atoms with Gasteiger partial charge in [0, 0.05) is 36.4 Å². The number of hydrogen-bond acceptors (Lipinski definition) is 8. The van der Waals surface area contributed by atoms with Crippen LogP contribution in [-0.4, -0.2) is 57.0 Å². The van der Waals surface area contributed by atoms with Crippen LogP contribution in [0, 0.1) is 0 Å². The van der Waals surface area contributed by atoms with E-state index < -0.39 is 11.2 Å². The van der Waals surface area contributed by atoms with Gasteiger partial charge in [-0.15, -0.1) is 0 Å². The molecule has 2 atom stereocenters. The van der Waals surface area contributed by atoms with Crippen LogP contribution in [-0.2, 0) is 22.5 Å². The molecule has 4 heterocycles. The van der Waals surface area contributed by atoms with E-state index in [9.17, 15) is 9.35 Å². The Hall–Kier alpha value is -2.70. The number of anilines is 2. The Morgan fingerprint density at radius 3 is 2.83 bits per heavy atom. The molecule has 1 aliphatic heterocycles. The van der Waals surface area contributed by atoms with Crippen molar-refractivity contribution in [2.75, 3.05) is 38.3 Å². The lowest BCUT2D eigenvalue weighted by atomic mass is 10.1. The number of hydrogen-bond donors (Lipinski definition) is 1. The van der Waals surface area contributed by atoms with Gasteiger partial charge in [0.1, 0.15) is 11.9 Å². The monoisotopic (exact) mass is 557 g/mol. The molecule has 5 rings (SSSR count). The van der Waals surface area contributed by atoms with Gasteiger partial charge in [-0.1, -0.05) is 12.1 Å². The molecule has 1 N–H and O–H groups in total. The molecule has 1 aromatic carbocycles. The summed E-state index contributed by atoms with van der Waals surface area (Å²) in [4.78, 5) is 24.8. The first kappa shape index (κ1) is 24.0. The van der Waals surface area contributed by atoms with Crippen LogP contribution >= 0.6 is 15.9 Å². The van der Waals surface area contributed by atoms with E-state index in [2.05, 4.69) is 43.2 Å². The Labute approximate surface area is 213 Å². The van der Waals surface area contributed by atoms with Crippen LogP contribution in [0.3, 0.4) is 0 Å². The minimum absolute atomic E-state index is 0.0524. The zero-order chi connectivity index (χ0) is 24.5. The second-order valence-corrected chi connectivity index (χ2v) is 10.6. The summed E-state index contributed by atoms with van der Waals surface area (Å²) < 4.78 is 25.3. The summed E-state index contributed by atoms with van der Waals surface area (Å²) in [7, 11) is 2.09. The maximum atomic E-state index is 13.0. The lowest BCUT2D eigenvalue weighted by molar-refractivity contribution is -0.0208. The molecule has 0 radical (unpaired) electrons. The Balaban J connectivity index is 1.44. The van der Waals surface area contributed by atoms with Crippen molar-refractivity contribution in [2.24, 2.45) is 0 Å². The standard InChI is InChI=1S/C24H24BrN5O4S/c1-29-8-10-34-19(13-29)15-3-5-17(6-4-15)27-24-26-12-16-11-18(25)23(31)30(22(16)28-24)14-20-21(35(2)32)7-9-33-20/h3-7,9,11-12,19H,8,10,13-14H2,1-2H3,(H,26,27,28). The number of halogens is 1. The summed E-state index contributed by atoms with van der Waals surface area (Å²) in [6, 6.07) is 11.3. The van der Waals surface area contributed by atoms with E-state index in [0.29, 0.717) is 32.1 Å². The van der Waals surface area contributed by atoms with E-state index in [-0.39, 0.29) is 18.2 Å². The lowest BCUT2D eigenvalue weighted by Gasteiger charge is -2.30. The molecule has 182 valence electrons. The summed E-state index contributed by atoms with van der Waals surface area (Å²) in [5.74, 6) is 0.805. The van der Waals surface area contributed by atoms with Gasteiger partial charge in [0.25, 0.3) is 5.56 Å². The molecule has 1 fully saturated rings. The van der Waals surface area contributed by atoms with E-state index >= 15 is 0 Å². The smallest absolute Gasteiger partial charge is 0.266 e. The topological polar surface area (TPSA) is 108 Å². The largest absolute Gasteiger partial charge is 0.612 e. The highest BCUT2D eigenvalue weighted by Gasteiger charge is 2.20. The number of pyridine rings is 1. The summed E-state index contributed by atoms with van der Waals surface area (Å²) in [5.41, 5.74) is 2.10. The lowest BCUT2D eigenvalue weighted by Crippen LogP contribution is -2.35. The van der Waals surface area contributed by atoms with E-state index in [1.165, 1.54) is 10.8 Å². The Kier molecular flexibility index (Phi) is 6.94. The molecule has 0 bridgehead atoms. The fraction of sp³-hybridized carbons (Fsp3) is 0.292. The predicted molar refractivity (Wildman–Crippen MR) is 138 cm³/mol. The highest BCUT2D eigenvalue weighted by atomic mass is 79.9. The van der Waals surface area contributed by atoms with Crippen molar-refractivity contribution in [3.8, 4) is 0 Å². The van der Waals surface area contributed by atoms with Crippen molar-refractivity contribution in [1.29, 1.82) is 0 Å². The Morgan fingerprint density at radius 1 is 1.29 bits per heavy atom. The van der Waals surface area contributed by atoms with Gasteiger partial charge in [0.2, 0.25) is 5.95 Å². The third-order valence-corrected chi connectivity index (χ3v) is 7.46. The first-order valence-electron chi connectivity index (χ1n) is 11.0. The Bertz CT molecular complexity index is 1410. The van der Waals surface area contributed by atoms with E-state index in [1.54, 1.807) is 24.6 Å². The predicted octanol–water partition coefficient (Wildman–Crippen LogP) is 3.68. The minimum atomic E-state index is -1.24. The molecule has 11 heteroatoms. The molecule has 3 aromatic heterocycles. The summed E-state index contributed by atoms with van der Waals surface area (Å²) >= 11 is 2.08. The Morgan fingerprint density at radius 2 is 2.09 bits per heavy atom. The van der Waals surface area contributed by atoms with Crippen LogP contribution in [0.15, 0.2) is 67.4 Å². The molecule has 4 aromatic rings. The average Bonchev–Trinajstić information content (AvgIpc) is 3.32. The van der Waals surface area contributed by atoms with E-state index in [4.69, 9.17) is 9.15 Å². The first-order valence-corrected chi connectivity index (χ1v) is 13.4. The zero-order valence-electron chi connectivity index (χ0n) is 19.2. The quantitative estimate of drug-likeness (QED) is 0.357. The van der Waals surface area contributed by atoms with Crippen molar-refractivity contribution < 1.29 is 13.7 Å². The first-order chi connectivity index (χ1) is 16.9. The molecule has 1 saturated heterocycles. The third kappa shape index (κ3) is 5.14. The van der Waals surface area contributed by atoms with Gasteiger partial charge in [-0.3, -0.25) is 9.36 Å². The van der Waals surface area contributed by atoms with Gasteiger partial charge in [-0.2, -0.15) is 4.98 Å². The van der Waals surface area contributed by atoms with Gasteiger partial charge in [0.05, 0.1) is 30.0 Å². The van der Waals surface area contributed by atoms with Crippen LogP contribution < -0.4 is 10.9 Å². The number of aromatic nitrogens is 3. The normalized spacial score (nSPS) is 17.5. The number of benzene rings is 1. The van der Waals surface area contributed by atoms with Gasteiger partial charge >= 0.3 is 0 Å². The summed E-state index contributed by atoms with van der Waals surface area (Å²) in [6.07, 6.45) is 4.76. The number of furan rings is 1. The third-order valence-electron chi connectivity index (χ3n) is 5.91. The number of morpholine rings is 1. The molecule has 2 unspecified atom stereocenters. The van der Waals surface area contributed by atoms with Crippen LogP contribution in [0.4, 0.5) is 11.6 Å². The van der Waals surface area contributed by atoms with E-state index in [0.717, 1.165) is 30.9 Å². The average molecular weight is 558 g/mol.